The summed E-state index contributed by atoms with van der Waals surface area (Å²) in [4.78, 5) is 17.0. The van der Waals surface area contributed by atoms with E-state index < -0.39 is 18.1 Å². The van der Waals surface area contributed by atoms with Crippen LogP contribution in [0.25, 0.3) is 0 Å². The molecule has 1 aromatic rings. The fraction of sp³-hybridized carbons (Fsp3) is 0.455. The molecule has 2 N–H and O–H groups in total. The fourth-order valence-corrected chi connectivity index (χ4v) is 2.25. The van der Waals surface area contributed by atoms with Crippen molar-refractivity contribution in [3.05, 3.63) is 28.5 Å². The minimum Gasteiger partial charge on any atom is -0.480 e. The molecule has 0 spiro atoms. The predicted octanol–water partition coefficient (Wildman–Crippen LogP) is 0.864. The number of nitrogens with zero attached hydrogens (tertiary/aromatic N) is 2. The van der Waals surface area contributed by atoms with Crippen LogP contribution in [0.4, 0.5) is 0 Å². The summed E-state index contributed by atoms with van der Waals surface area (Å²) in [5.41, 5.74) is 0.800. The monoisotopic (exact) mass is 300 g/mol. The van der Waals surface area contributed by atoms with Crippen LogP contribution in [0, 0.1) is 0 Å². The van der Waals surface area contributed by atoms with Crippen LogP contribution in [0.1, 0.15) is 12.1 Å². The number of hydrogen-bond donors (Lipinski definition) is 2. The van der Waals surface area contributed by atoms with Gasteiger partial charge in [-0.15, -0.1) is 0 Å². The molecule has 1 aliphatic heterocycles. The van der Waals surface area contributed by atoms with Gasteiger partial charge < -0.3 is 10.2 Å². The van der Waals surface area contributed by atoms with E-state index in [0.29, 0.717) is 13.1 Å². The molecule has 1 fully saturated rings. The van der Waals surface area contributed by atoms with E-state index in [1.54, 1.807) is 11.1 Å². The molecule has 2 unspecified atom stereocenters. The van der Waals surface area contributed by atoms with Crippen molar-refractivity contribution in [2.45, 2.75) is 25.1 Å². The fourth-order valence-electron chi connectivity index (χ4n) is 2.02. The van der Waals surface area contributed by atoms with Gasteiger partial charge in [0.2, 0.25) is 0 Å². The lowest BCUT2D eigenvalue weighted by atomic mass is 10.2. The summed E-state index contributed by atoms with van der Waals surface area (Å²) in [6.45, 7) is 0.829. The number of carbonyl (C=O) groups is 1. The Bertz CT molecular complexity index is 410. The Labute approximate surface area is 107 Å². The SMILES string of the molecule is O=C(O)C1CC(O)CN1Cc1ccc(Br)cn1. The average molecular weight is 301 g/mol. The summed E-state index contributed by atoms with van der Waals surface area (Å²) in [7, 11) is 0. The number of carboxylic acids is 1. The Morgan fingerprint density at radius 1 is 1.59 bits per heavy atom. The highest BCUT2D eigenvalue weighted by atomic mass is 79.9. The summed E-state index contributed by atoms with van der Waals surface area (Å²) < 4.78 is 0.887. The molecule has 17 heavy (non-hydrogen) atoms. The molecule has 0 aliphatic carbocycles. The van der Waals surface area contributed by atoms with Crippen LogP contribution >= 0.6 is 15.9 Å². The van der Waals surface area contributed by atoms with Crippen LogP contribution in [-0.4, -0.2) is 44.8 Å². The first-order valence-corrected chi connectivity index (χ1v) is 6.11. The number of halogens is 1. The number of aliphatic hydroxyl groups is 1. The molecule has 0 bridgehead atoms. The van der Waals surface area contributed by atoms with Gasteiger partial charge in [-0.3, -0.25) is 14.7 Å². The van der Waals surface area contributed by atoms with E-state index in [-0.39, 0.29) is 6.42 Å². The molecule has 2 heterocycles. The van der Waals surface area contributed by atoms with Crippen molar-refractivity contribution in [2.75, 3.05) is 6.54 Å². The Kier molecular flexibility index (Phi) is 3.76. The van der Waals surface area contributed by atoms with Crippen molar-refractivity contribution in [2.24, 2.45) is 0 Å². The van der Waals surface area contributed by atoms with Gasteiger partial charge in [0.1, 0.15) is 6.04 Å². The standard InChI is InChI=1S/C11H13BrN2O3/c12-7-1-2-8(13-4-7)5-14-6-9(15)3-10(14)11(16)17/h1-2,4,9-10,15H,3,5-6H2,(H,16,17). The normalized spacial score (nSPS) is 25.1. The largest absolute Gasteiger partial charge is 0.480 e. The number of aromatic nitrogens is 1. The van der Waals surface area contributed by atoms with Crippen LogP contribution in [0.5, 0.6) is 0 Å². The van der Waals surface area contributed by atoms with Gasteiger partial charge in [-0.05, 0) is 28.1 Å². The number of rotatable bonds is 3. The van der Waals surface area contributed by atoms with Crippen LogP contribution < -0.4 is 0 Å². The molecule has 1 saturated heterocycles. The molecule has 0 radical (unpaired) electrons. The minimum absolute atomic E-state index is 0.284. The van der Waals surface area contributed by atoms with Gasteiger partial charge >= 0.3 is 5.97 Å². The highest BCUT2D eigenvalue weighted by Gasteiger charge is 2.35. The number of aliphatic hydroxyl groups excluding tert-OH is 1. The maximum atomic E-state index is 11.0. The number of β-amino-alcohol motifs (C(OH)–C–C–N with tert-alkyl or cyclic N) is 1. The number of hydrogen-bond acceptors (Lipinski definition) is 4. The summed E-state index contributed by atoms with van der Waals surface area (Å²) in [6.07, 6.45) is 1.40. The lowest BCUT2D eigenvalue weighted by molar-refractivity contribution is -0.142. The Balaban J connectivity index is 2.07. The van der Waals surface area contributed by atoms with Crippen molar-refractivity contribution in [1.29, 1.82) is 0 Å². The molecule has 0 saturated carbocycles. The third-order valence-electron chi connectivity index (χ3n) is 2.82. The minimum atomic E-state index is -0.890. The lowest BCUT2D eigenvalue weighted by Gasteiger charge is -2.19. The van der Waals surface area contributed by atoms with Gasteiger partial charge in [0.25, 0.3) is 0 Å². The molecule has 2 atom stereocenters. The first-order chi connectivity index (χ1) is 8.06. The highest BCUT2D eigenvalue weighted by Crippen LogP contribution is 2.20. The summed E-state index contributed by atoms with van der Waals surface area (Å²) in [6, 6.07) is 3.09. The molecule has 0 amide bonds. The van der Waals surface area contributed by atoms with Crippen LogP contribution in [0.2, 0.25) is 0 Å². The zero-order chi connectivity index (χ0) is 12.4. The van der Waals surface area contributed by atoms with Crippen molar-refractivity contribution in [1.82, 2.24) is 9.88 Å². The molecular weight excluding hydrogens is 288 g/mol. The molecule has 1 aliphatic rings. The van der Waals surface area contributed by atoms with Crippen molar-refractivity contribution in [3.63, 3.8) is 0 Å². The quantitative estimate of drug-likeness (QED) is 0.866. The van der Waals surface area contributed by atoms with Gasteiger partial charge in [-0.2, -0.15) is 0 Å². The Hall–Kier alpha value is -0.980. The van der Waals surface area contributed by atoms with Gasteiger partial charge in [0.15, 0.2) is 0 Å². The van der Waals surface area contributed by atoms with Crippen molar-refractivity contribution in [3.8, 4) is 0 Å². The van der Waals surface area contributed by atoms with E-state index >= 15 is 0 Å². The van der Waals surface area contributed by atoms with Gasteiger partial charge in [-0.25, -0.2) is 0 Å². The van der Waals surface area contributed by atoms with E-state index in [9.17, 15) is 9.90 Å². The van der Waals surface area contributed by atoms with Crippen molar-refractivity contribution >= 4 is 21.9 Å². The van der Waals surface area contributed by atoms with Crippen LogP contribution in [0.3, 0.4) is 0 Å². The van der Waals surface area contributed by atoms with Crippen LogP contribution in [-0.2, 0) is 11.3 Å². The smallest absolute Gasteiger partial charge is 0.321 e. The van der Waals surface area contributed by atoms with E-state index in [1.807, 2.05) is 12.1 Å². The predicted molar refractivity (Wildman–Crippen MR) is 64.4 cm³/mol. The molecule has 92 valence electrons. The van der Waals surface area contributed by atoms with E-state index in [4.69, 9.17) is 5.11 Å². The second-order valence-corrected chi connectivity index (χ2v) is 5.06. The van der Waals surface area contributed by atoms with Crippen molar-refractivity contribution < 1.29 is 15.0 Å². The number of pyridine rings is 1. The zero-order valence-corrected chi connectivity index (χ0v) is 10.7. The van der Waals surface area contributed by atoms with Gasteiger partial charge in [-0.1, -0.05) is 0 Å². The Morgan fingerprint density at radius 3 is 2.94 bits per heavy atom. The maximum absolute atomic E-state index is 11.0. The first-order valence-electron chi connectivity index (χ1n) is 5.31. The van der Waals surface area contributed by atoms with Gasteiger partial charge in [0.05, 0.1) is 11.8 Å². The summed E-state index contributed by atoms with van der Waals surface area (Å²) in [5, 5.41) is 18.6. The second kappa shape index (κ2) is 5.12. The van der Waals surface area contributed by atoms with Crippen LogP contribution in [0.15, 0.2) is 22.8 Å². The number of aliphatic carboxylic acids is 1. The number of likely N-dealkylation sites (tertiary alicyclic amines) is 1. The molecule has 6 heteroatoms. The maximum Gasteiger partial charge on any atom is 0.321 e. The molecular formula is C11H13BrN2O3. The van der Waals surface area contributed by atoms with Gasteiger partial charge in [0, 0.05) is 30.2 Å². The zero-order valence-electron chi connectivity index (χ0n) is 9.08. The van der Waals surface area contributed by atoms with E-state index in [0.717, 1.165) is 10.2 Å². The first kappa shape index (κ1) is 12.5. The molecule has 1 aromatic heterocycles. The average Bonchev–Trinajstić information content (AvgIpc) is 2.63. The Morgan fingerprint density at radius 2 is 2.35 bits per heavy atom. The molecule has 5 nitrogen and oxygen atoms in total. The van der Waals surface area contributed by atoms with E-state index in [1.165, 1.54) is 0 Å². The summed E-state index contributed by atoms with van der Waals surface area (Å²) >= 11 is 3.29. The van der Waals surface area contributed by atoms with E-state index in [2.05, 4.69) is 20.9 Å². The highest BCUT2D eigenvalue weighted by molar-refractivity contribution is 9.10. The third-order valence-corrected chi connectivity index (χ3v) is 3.29. The second-order valence-electron chi connectivity index (χ2n) is 4.14. The number of carboxylic acid groups (broad SMARTS) is 1. The molecule has 0 aromatic carbocycles. The topological polar surface area (TPSA) is 73.7 Å². The molecule has 2 rings (SSSR count). The lowest BCUT2D eigenvalue weighted by Crippen LogP contribution is -2.35. The third kappa shape index (κ3) is 3.02. The summed E-state index contributed by atoms with van der Waals surface area (Å²) in [5.74, 6) is -0.890.